The third kappa shape index (κ3) is 11.1. The molecule has 11 aromatic rings. The number of halogens is 1. The van der Waals surface area contributed by atoms with Gasteiger partial charge < -0.3 is 33.7 Å². The highest BCUT2D eigenvalue weighted by atomic mass is 35.5. The lowest BCUT2D eigenvalue weighted by molar-refractivity contribution is -0.153. The second-order valence-corrected chi connectivity index (χ2v) is 20.4. The van der Waals surface area contributed by atoms with E-state index in [-0.39, 0.29) is 49.4 Å². The van der Waals surface area contributed by atoms with Crippen LogP contribution in [0.15, 0.2) is 223 Å². The Morgan fingerprint density at radius 1 is 0.631 bits per heavy atom. The molecule has 16 heteroatoms. The van der Waals surface area contributed by atoms with E-state index in [9.17, 15) is 14.4 Å². The van der Waals surface area contributed by atoms with E-state index >= 15 is 0 Å². The number of hydrogen-bond acceptors (Lipinski definition) is 12. The maximum Gasteiger partial charge on any atom is 0.311 e. The number of methoxy groups -OCH3 is 3. The van der Waals surface area contributed by atoms with E-state index in [0.717, 1.165) is 38.8 Å². The Balaban J connectivity index is 0.960. The third-order valence-electron chi connectivity index (χ3n) is 15.1. The number of ether oxygens (including phenoxy) is 6. The number of benzene rings is 8. The van der Waals surface area contributed by atoms with Gasteiger partial charge in [-0.1, -0.05) is 157 Å². The van der Waals surface area contributed by atoms with Gasteiger partial charge in [-0.3, -0.25) is 28.5 Å². The molecule has 0 fully saturated rings. The number of anilines is 1. The fraction of sp³-hybridized carbons (Fsp3) is 0.162. The van der Waals surface area contributed by atoms with Gasteiger partial charge in [-0.25, -0.2) is 4.98 Å². The molecule has 422 valence electrons. The van der Waals surface area contributed by atoms with Crippen molar-refractivity contribution in [1.82, 2.24) is 24.1 Å². The van der Waals surface area contributed by atoms with E-state index in [0.29, 0.717) is 44.6 Å². The van der Waals surface area contributed by atoms with Crippen molar-refractivity contribution in [2.45, 2.75) is 37.3 Å². The first-order valence-electron chi connectivity index (χ1n) is 27.2. The Labute approximate surface area is 490 Å². The number of carbonyl (C=O) groups is 2. The average Bonchev–Trinajstić information content (AvgIpc) is 1.72. The van der Waals surface area contributed by atoms with Crippen molar-refractivity contribution in [2.75, 3.05) is 39.9 Å². The number of nitrogens with one attached hydrogen (secondary N) is 2. The zero-order chi connectivity index (χ0) is 58.2. The summed E-state index contributed by atoms with van der Waals surface area (Å²) in [5, 5.41) is 4.88. The summed E-state index contributed by atoms with van der Waals surface area (Å²) in [5.74, 6) is 1.10. The molecule has 0 bridgehead atoms. The Hall–Kier alpha value is -9.80. The molecule has 1 unspecified atom stereocenters. The maximum absolute atomic E-state index is 14.5. The third-order valence-corrected chi connectivity index (χ3v) is 15.3. The van der Waals surface area contributed by atoms with Gasteiger partial charge in [-0.2, -0.15) is 4.98 Å². The van der Waals surface area contributed by atoms with E-state index in [1.807, 2.05) is 183 Å². The standard InChI is InChI=1S/C68H59ClN6O9/c1-45-58-39-56(81-4)37-38-59(58)75(65(78)46-25-31-53(69)32-26-46)60(45)40-61(76)82-41-57(42-84-68(50-21-13-7-14-22-50,51-23-15-8-16-24-51)52-29-35-55(80-3)36-30-52)83-44-74-43-70-62-63(74)71-66(72-64(62)77)73-67(47-17-9-5-10-18-47,48-19-11-6-12-20-48)49-27-33-54(79-2)34-28-49/h5-39,43,57H,40-42,44H2,1-4H3,(H2,71,72,73,77). The molecule has 3 heterocycles. The van der Waals surface area contributed by atoms with Crippen molar-refractivity contribution >= 4 is 51.5 Å². The van der Waals surface area contributed by atoms with Crippen LogP contribution in [0.5, 0.6) is 17.2 Å². The molecule has 0 amide bonds. The molecule has 0 saturated carbocycles. The van der Waals surface area contributed by atoms with Crippen molar-refractivity contribution in [1.29, 1.82) is 0 Å². The molecule has 0 aliphatic heterocycles. The number of esters is 1. The van der Waals surface area contributed by atoms with Crippen molar-refractivity contribution in [2.24, 2.45) is 0 Å². The summed E-state index contributed by atoms with van der Waals surface area (Å²) in [5.41, 5.74) is 4.62. The summed E-state index contributed by atoms with van der Waals surface area (Å²) in [6.07, 6.45) is 0.232. The summed E-state index contributed by atoms with van der Waals surface area (Å²) < 4.78 is 40.2. The van der Waals surface area contributed by atoms with E-state index < -0.39 is 28.8 Å². The van der Waals surface area contributed by atoms with Crippen LogP contribution < -0.4 is 25.1 Å². The molecule has 3 aromatic heterocycles. The van der Waals surface area contributed by atoms with Crippen LogP contribution >= 0.6 is 11.6 Å². The van der Waals surface area contributed by atoms with Gasteiger partial charge in [0.2, 0.25) is 5.95 Å². The van der Waals surface area contributed by atoms with Gasteiger partial charge in [-0.05, 0) is 113 Å². The molecule has 0 saturated heterocycles. The predicted octanol–water partition coefficient (Wildman–Crippen LogP) is 12.3. The van der Waals surface area contributed by atoms with Crippen LogP contribution in [0.4, 0.5) is 5.95 Å². The molecule has 15 nitrogen and oxygen atoms in total. The number of carbonyl (C=O) groups excluding carboxylic acids is 2. The highest BCUT2D eigenvalue weighted by Gasteiger charge is 2.40. The molecule has 0 aliphatic rings. The van der Waals surface area contributed by atoms with Crippen molar-refractivity contribution in [3.05, 3.63) is 284 Å². The Morgan fingerprint density at radius 3 is 1.70 bits per heavy atom. The van der Waals surface area contributed by atoms with Crippen LogP contribution in [0.2, 0.25) is 5.02 Å². The van der Waals surface area contributed by atoms with E-state index in [1.165, 1.54) is 10.9 Å². The first-order valence-corrected chi connectivity index (χ1v) is 27.5. The minimum Gasteiger partial charge on any atom is -0.497 e. The van der Waals surface area contributed by atoms with E-state index in [1.54, 1.807) is 62.3 Å². The first kappa shape index (κ1) is 56.1. The van der Waals surface area contributed by atoms with E-state index in [2.05, 4.69) is 15.3 Å². The van der Waals surface area contributed by atoms with Crippen LogP contribution in [0.25, 0.3) is 22.1 Å². The Morgan fingerprint density at radius 2 is 1.14 bits per heavy atom. The van der Waals surface area contributed by atoms with Gasteiger partial charge in [0.1, 0.15) is 47.8 Å². The van der Waals surface area contributed by atoms with Gasteiger partial charge in [-0.15, -0.1) is 0 Å². The minimum atomic E-state index is -1.23. The lowest BCUT2D eigenvalue weighted by atomic mass is 9.77. The first-order chi connectivity index (χ1) is 41.0. The number of hydrogen-bond donors (Lipinski definition) is 2. The Bertz CT molecular complexity index is 4040. The largest absolute Gasteiger partial charge is 0.497 e. The van der Waals surface area contributed by atoms with Gasteiger partial charge in [0.15, 0.2) is 11.2 Å². The zero-order valence-electron chi connectivity index (χ0n) is 46.5. The average molecular weight is 1140 g/mol. The monoisotopic (exact) mass is 1140 g/mol. The van der Waals surface area contributed by atoms with Crippen LogP contribution in [0.3, 0.4) is 0 Å². The summed E-state index contributed by atoms with van der Waals surface area (Å²) in [4.78, 5) is 55.7. The predicted molar refractivity (Wildman–Crippen MR) is 323 cm³/mol. The summed E-state index contributed by atoms with van der Waals surface area (Å²) in [6.45, 7) is 1.21. The SMILES string of the molecule is COc1ccc(C(Nc2nc3c(ncn3COC(COC(=O)Cc3c(C)c4cc(OC)ccc4n3C(=O)c3ccc(Cl)cc3)COC(c3ccccc3)(c3ccccc3)c3ccc(OC)cc3)c(=O)[nH]2)(c2ccccc2)c2ccccc2)cc1. The fourth-order valence-corrected chi connectivity index (χ4v) is 11.0. The lowest BCUT2D eigenvalue weighted by Gasteiger charge is -2.37. The smallest absolute Gasteiger partial charge is 0.311 e. The van der Waals surface area contributed by atoms with Crippen molar-refractivity contribution in [3.8, 4) is 17.2 Å². The van der Waals surface area contributed by atoms with Crippen LogP contribution in [-0.4, -0.2) is 76.6 Å². The molecule has 84 heavy (non-hydrogen) atoms. The number of fused-ring (bicyclic) bond motifs is 2. The molecule has 2 N–H and O–H groups in total. The highest BCUT2D eigenvalue weighted by molar-refractivity contribution is 6.30. The quantitative estimate of drug-likeness (QED) is 0.0487. The number of rotatable bonds is 22. The van der Waals surface area contributed by atoms with Gasteiger partial charge in [0.05, 0.1) is 46.2 Å². The second-order valence-electron chi connectivity index (χ2n) is 20.0. The summed E-state index contributed by atoms with van der Waals surface area (Å²) in [7, 11) is 4.80. The number of aromatic nitrogens is 5. The van der Waals surface area contributed by atoms with Crippen molar-refractivity contribution < 1.29 is 38.0 Å². The normalized spacial score (nSPS) is 12.0. The van der Waals surface area contributed by atoms with E-state index in [4.69, 9.17) is 45.0 Å². The minimum absolute atomic E-state index is 0.0704. The van der Waals surface area contributed by atoms with Crippen LogP contribution in [0.1, 0.15) is 55.0 Å². The fourth-order valence-electron chi connectivity index (χ4n) is 10.8. The maximum atomic E-state index is 14.5. The van der Waals surface area contributed by atoms with Gasteiger partial charge >= 0.3 is 5.97 Å². The molecule has 0 spiro atoms. The summed E-state index contributed by atoms with van der Waals surface area (Å²) in [6, 6.07) is 66.9. The summed E-state index contributed by atoms with van der Waals surface area (Å²) >= 11 is 6.24. The molecular formula is C68H59ClN6O9. The lowest BCUT2D eigenvalue weighted by Crippen LogP contribution is -2.39. The Kier molecular flexibility index (Phi) is 16.5. The van der Waals surface area contributed by atoms with Crippen LogP contribution in [-0.2, 0) is 43.3 Å². The molecule has 0 aliphatic carbocycles. The highest BCUT2D eigenvalue weighted by Crippen LogP contribution is 2.43. The van der Waals surface area contributed by atoms with Crippen molar-refractivity contribution in [3.63, 3.8) is 0 Å². The van der Waals surface area contributed by atoms with Crippen LogP contribution in [0, 0.1) is 6.92 Å². The number of aromatic amines is 1. The number of aryl methyl sites for hydroxylation is 1. The molecular weight excluding hydrogens is 1080 g/mol. The topological polar surface area (TPSA) is 170 Å². The van der Waals surface area contributed by atoms with Gasteiger partial charge in [0.25, 0.3) is 11.5 Å². The molecule has 1 atom stereocenters. The number of nitrogens with zero attached hydrogens (tertiary/aromatic N) is 4. The number of imidazole rings is 1. The zero-order valence-corrected chi connectivity index (χ0v) is 47.3. The molecule has 0 radical (unpaired) electrons. The number of H-pyrrole nitrogens is 1. The molecule has 11 rings (SSSR count). The second kappa shape index (κ2) is 24.7. The molecule has 8 aromatic carbocycles. The van der Waals surface area contributed by atoms with Gasteiger partial charge in [0, 0.05) is 21.7 Å².